The average Bonchev–Trinajstić information content (AvgIpc) is 2.16. The molecule has 0 saturated carbocycles. The summed E-state index contributed by atoms with van der Waals surface area (Å²) >= 11 is 5.42. The summed E-state index contributed by atoms with van der Waals surface area (Å²) < 4.78 is 24.8. The van der Waals surface area contributed by atoms with Gasteiger partial charge in [-0.2, -0.15) is 0 Å². The predicted octanol–water partition coefficient (Wildman–Crippen LogP) is 2.97. The molecule has 0 aliphatic carbocycles. The first kappa shape index (κ1) is 11.8. The number of halogens is 3. The van der Waals surface area contributed by atoms with Crippen LogP contribution in [0.1, 0.15) is 23.2 Å². The Labute approximate surface area is 89.0 Å². The number of nitro groups is 1. The molecule has 7 heteroatoms. The lowest BCUT2D eigenvalue weighted by Gasteiger charge is -2.04. The molecule has 1 aromatic rings. The lowest BCUT2D eigenvalue weighted by atomic mass is 10.1. The summed E-state index contributed by atoms with van der Waals surface area (Å²) in [5.74, 6) is -0.685. The second-order valence-corrected chi connectivity index (χ2v) is 3.10. The summed E-state index contributed by atoms with van der Waals surface area (Å²) in [7, 11) is 0. The van der Waals surface area contributed by atoms with E-state index in [4.69, 9.17) is 11.6 Å². The summed E-state index contributed by atoms with van der Waals surface area (Å²) in [6.07, 6.45) is -2.71. The molecule has 0 bridgehead atoms. The van der Waals surface area contributed by atoms with Gasteiger partial charge >= 0.3 is 5.82 Å². The molecule has 0 unspecified atom stereocenters. The van der Waals surface area contributed by atoms with Crippen LogP contribution in [0.5, 0.6) is 0 Å². The number of aryl methyl sites for hydroxylation is 1. The Morgan fingerprint density at radius 3 is 2.67 bits per heavy atom. The molecule has 0 saturated heterocycles. The van der Waals surface area contributed by atoms with Crippen LogP contribution in [0.25, 0.3) is 0 Å². The Kier molecular flexibility index (Phi) is 3.52. The lowest BCUT2D eigenvalue weighted by Crippen LogP contribution is -2.02. The molecule has 4 nitrogen and oxygen atoms in total. The summed E-state index contributed by atoms with van der Waals surface area (Å²) in [4.78, 5) is 13.3. The third-order valence-electron chi connectivity index (χ3n) is 1.86. The molecule has 1 rings (SSSR count). The van der Waals surface area contributed by atoms with Gasteiger partial charge in [0.05, 0.1) is 17.0 Å². The Hall–Kier alpha value is -1.30. The number of pyridine rings is 1. The maximum atomic E-state index is 12.4. The first-order valence-corrected chi connectivity index (χ1v) is 4.49. The van der Waals surface area contributed by atoms with E-state index >= 15 is 0 Å². The number of hydrogen-bond acceptors (Lipinski definition) is 3. The Balaban J connectivity index is 3.35. The molecule has 1 aromatic heterocycles. The van der Waals surface area contributed by atoms with E-state index in [-0.39, 0.29) is 22.7 Å². The van der Waals surface area contributed by atoms with Gasteiger partial charge in [-0.1, -0.05) is 0 Å². The summed E-state index contributed by atoms with van der Waals surface area (Å²) in [6, 6.07) is 1.03. The third kappa shape index (κ3) is 2.38. The van der Waals surface area contributed by atoms with E-state index in [1.165, 1.54) is 6.92 Å². The van der Waals surface area contributed by atoms with Crippen LogP contribution in [0, 0.1) is 17.0 Å². The van der Waals surface area contributed by atoms with Gasteiger partial charge in [-0.05, 0) is 16.0 Å². The third-order valence-corrected chi connectivity index (χ3v) is 2.15. The van der Waals surface area contributed by atoms with Crippen molar-refractivity contribution in [3.8, 4) is 0 Å². The van der Waals surface area contributed by atoms with Crippen molar-refractivity contribution in [1.29, 1.82) is 0 Å². The van der Waals surface area contributed by atoms with Crippen LogP contribution >= 0.6 is 11.6 Å². The van der Waals surface area contributed by atoms with Crippen molar-refractivity contribution in [2.45, 2.75) is 19.2 Å². The van der Waals surface area contributed by atoms with Crippen molar-refractivity contribution in [1.82, 2.24) is 4.98 Å². The van der Waals surface area contributed by atoms with Crippen LogP contribution < -0.4 is 0 Å². The van der Waals surface area contributed by atoms with Gasteiger partial charge in [-0.3, -0.25) is 0 Å². The van der Waals surface area contributed by atoms with E-state index in [0.717, 1.165) is 6.07 Å². The zero-order valence-corrected chi connectivity index (χ0v) is 8.46. The number of rotatable bonds is 3. The van der Waals surface area contributed by atoms with E-state index in [1.807, 2.05) is 0 Å². The van der Waals surface area contributed by atoms with Gasteiger partial charge in [-0.15, -0.1) is 11.6 Å². The highest BCUT2D eigenvalue weighted by Gasteiger charge is 2.22. The van der Waals surface area contributed by atoms with Crippen molar-refractivity contribution < 1.29 is 13.7 Å². The van der Waals surface area contributed by atoms with Crippen LogP contribution in [0.4, 0.5) is 14.6 Å². The number of hydrogen-bond donors (Lipinski definition) is 0. The SMILES string of the molecule is Cc1nc([N+](=O)[O-])c(CCl)cc1C(F)F. The molecular formula is C8H7ClF2N2O2. The summed E-state index contributed by atoms with van der Waals surface area (Å²) in [5.41, 5.74) is -0.371. The maximum absolute atomic E-state index is 12.4. The summed E-state index contributed by atoms with van der Waals surface area (Å²) in [5, 5.41) is 10.5. The number of nitrogens with zero attached hydrogens (tertiary/aromatic N) is 2. The van der Waals surface area contributed by atoms with Crippen LogP contribution in [0.15, 0.2) is 6.07 Å². The molecule has 0 radical (unpaired) electrons. The Morgan fingerprint density at radius 1 is 1.67 bits per heavy atom. The van der Waals surface area contributed by atoms with Crippen LogP contribution in [-0.4, -0.2) is 9.91 Å². The monoisotopic (exact) mass is 236 g/mol. The molecule has 0 aliphatic heterocycles. The van der Waals surface area contributed by atoms with Gasteiger partial charge < -0.3 is 10.1 Å². The van der Waals surface area contributed by atoms with Gasteiger partial charge in [0.1, 0.15) is 0 Å². The van der Waals surface area contributed by atoms with Gasteiger partial charge in [0.2, 0.25) is 0 Å². The fourth-order valence-corrected chi connectivity index (χ4v) is 1.33. The van der Waals surface area contributed by atoms with Gasteiger partial charge in [0, 0.05) is 6.92 Å². The van der Waals surface area contributed by atoms with Crippen molar-refractivity contribution >= 4 is 17.4 Å². The Bertz CT molecular complexity index is 398. The largest absolute Gasteiger partial charge is 0.368 e. The lowest BCUT2D eigenvalue weighted by molar-refractivity contribution is -0.390. The predicted molar refractivity (Wildman–Crippen MR) is 50.1 cm³/mol. The minimum atomic E-state index is -2.71. The highest BCUT2D eigenvalue weighted by atomic mass is 35.5. The van der Waals surface area contributed by atoms with E-state index < -0.39 is 17.2 Å². The van der Waals surface area contributed by atoms with Gasteiger partial charge in [0.25, 0.3) is 6.43 Å². The summed E-state index contributed by atoms with van der Waals surface area (Å²) in [6.45, 7) is 1.30. The Morgan fingerprint density at radius 2 is 2.27 bits per heavy atom. The normalized spacial score (nSPS) is 10.7. The molecule has 0 aliphatic rings. The van der Waals surface area contributed by atoms with Crippen molar-refractivity contribution in [2.75, 3.05) is 0 Å². The van der Waals surface area contributed by atoms with Gasteiger partial charge in [0.15, 0.2) is 5.69 Å². The molecule has 0 N–H and O–H groups in total. The second kappa shape index (κ2) is 4.48. The highest BCUT2D eigenvalue weighted by molar-refractivity contribution is 6.17. The van der Waals surface area contributed by atoms with Gasteiger partial charge in [-0.25, -0.2) is 8.78 Å². The number of aromatic nitrogens is 1. The fourth-order valence-electron chi connectivity index (χ4n) is 1.13. The molecule has 0 fully saturated rings. The topological polar surface area (TPSA) is 56.0 Å². The first-order chi connectivity index (χ1) is 6.97. The quantitative estimate of drug-likeness (QED) is 0.461. The van der Waals surface area contributed by atoms with E-state index in [2.05, 4.69) is 4.98 Å². The average molecular weight is 237 g/mol. The molecule has 0 amide bonds. The van der Waals surface area contributed by atoms with E-state index in [1.54, 1.807) is 0 Å². The zero-order chi connectivity index (χ0) is 11.6. The molecule has 15 heavy (non-hydrogen) atoms. The molecule has 0 aromatic carbocycles. The van der Waals surface area contributed by atoms with Crippen LogP contribution in [-0.2, 0) is 5.88 Å². The molecule has 1 heterocycles. The van der Waals surface area contributed by atoms with E-state index in [9.17, 15) is 18.9 Å². The standard InChI is InChI=1S/C8H7ClF2N2O2/c1-4-6(7(10)11)2-5(3-9)8(12-4)13(14)15/h2,7H,3H2,1H3. The molecule has 0 atom stereocenters. The molecule has 82 valence electrons. The second-order valence-electron chi connectivity index (χ2n) is 2.84. The highest BCUT2D eigenvalue weighted by Crippen LogP contribution is 2.27. The van der Waals surface area contributed by atoms with Crippen molar-refractivity contribution in [2.24, 2.45) is 0 Å². The van der Waals surface area contributed by atoms with Crippen molar-refractivity contribution in [3.63, 3.8) is 0 Å². The minimum absolute atomic E-state index is 0.00238. The smallest absolute Gasteiger partial charge is 0.358 e. The minimum Gasteiger partial charge on any atom is -0.358 e. The maximum Gasteiger partial charge on any atom is 0.368 e. The van der Waals surface area contributed by atoms with E-state index in [0.29, 0.717) is 0 Å². The molecular weight excluding hydrogens is 230 g/mol. The number of alkyl halides is 3. The van der Waals surface area contributed by atoms with Crippen LogP contribution in [0.2, 0.25) is 0 Å². The molecule has 0 spiro atoms. The fraction of sp³-hybridized carbons (Fsp3) is 0.375. The first-order valence-electron chi connectivity index (χ1n) is 3.96. The van der Waals surface area contributed by atoms with Crippen molar-refractivity contribution in [3.05, 3.63) is 33.0 Å². The van der Waals surface area contributed by atoms with Crippen LogP contribution in [0.3, 0.4) is 0 Å². The zero-order valence-electron chi connectivity index (χ0n) is 7.71.